The molecule has 1 N–H and O–H groups in total. The molecule has 1 rings (SSSR count). The molecule has 2 nitrogen and oxygen atoms in total. The summed E-state index contributed by atoms with van der Waals surface area (Å²) in [5.41, 5.74) is 0. The Morgan fingerprint density at radius 3 is 2.40 bits per heavy atom. The Morgan fingerprint density at radius 2 is 1.80 bits per heavy atom. The van der Waals surface area contributed by atoms with Crippen LogP contribution in [-0.2, 0) is 0 Å². The van der Waals surface area contributed by atoms with E-state index >= 15 is 0 Å². The van der Waals surface area contributed by atoms with Gasteiger partial charge in [0.05, 0.1) is 27.8 Å². The van der Waals surface area contributed by atoms with Gasteiger partial charge in [-0.25, -0.2) is 0 Å². The monoisotopic (exact) mass is 268 g/mol. The van der Waals surface area contributed by atoms with Crippen molar-refractivity contribution in [2.75, 3.05) is 6.61 Å². The average Bonchev–Trinajstić information content (AvgIpc) is 2.13. The molecule has 1 atom stereocenters. The van der Waals surface area contributed by atoms with Gasteiger partial charge < -0.3 is 9.84 Å². The average molecular weight is 270 g/mol. The summed E-state index contributed by atoms with van der Waals surface area (Å²) in [5.74, 6) is 0.478. The van der Waals surface area contributed by atoms with Crippen molar-refractivity contribution in [2.45, 2.75) is 19.4 Å². The van der Waals surface area contributed by atoms with E-state index in [0.717, 1.165) is 0 Å². The normalized spacial score (nSPS) is 12.6. The van der Waals surface area contributed by atoms with Gasteiger partial charge in [-0.15, -0.1) is 0 Å². The van der Waals surface area contributed by atoms with Gasteiger partial charge in [0.1, 0.15) is 5.75 Å². The summed E-state index contributed by atoms with van der Waals surface area (Å²) < 4.78 is 5.35. The van der Waals surface area contributed by atoms with Crippen molar-refractivity contribution in [1.29, 1.82) is 0 Å². The summed E-state index contributed by atoms with van der Waals surface area (Å²) in [5, 5.41) is 10.2. The van der Waals surface area contributed by atoms with E-state index in [9.17, 15) is 0 Å². The molecular formula is C10H11Cl3O2. The van der Waals surface area contributed by atoms with Crippen LogP contribution < -0.4 is 4.74 Å². The molecule has 1 aromatic rings. The first-order chi connectivity index (χ1) is 7.00. The van der Waals surface area contributed by atoms with Crippen molar-refractivity contribution in [2.24, 2.45) is 0 Å². The lowest BCUT2D eigenvalue weighted by Gasteiger charge is -2.10. The summed E-state index contributed by atoms with van der Waals surface area (Å²) >= 11 is 17.5. The van der Waals surface area contributed by atoms with Gasteiger partial charge in [-0.3, -0.25) is 0 Å². The number of aliphatic hydroxyl groups is 1. The van der Waals surface area contributed by atoms with E-state index in [1.54, 1.807) is 13.0 Å². The second-order valence-electron chi connectivity index (χ2n) is 3.18. The lowest BCUT2D eigenvalue weighted by atomic mass is 10.3. The number of ether oxygens (including phenoxy) is 1. The largest absolute Gasteiger partial charge is 0.492 e. The van der Waals surface area contributed by atoms with Gasteiger partial charge in [0.15, 0.2) is 0 Å². The number of benzene rings is 1. The molecule has 15 heavy (non-hydrogen) atoms. The molecule has 84 valence electrons. The smallest absolute Gasteiger partial charge is 0.139 e. The Balaban J connectivity index is 2.65. The van der Waals surface area contributed by atoms with Crippen molar-refractivity contribution < 1.29 is 9.84 Å². The number of aliphatic hydroxyl groups excluding tert-OH is 1. The van der Waals surface area contributed by atoms with Crippen LogP contribution >= 0.6 is 34.8 Å². The van der Waals surface area contributed by atoms with Gasteiger partial charge in [0.25, 0.3) is 0 Å². The van der Waals surface area contributed by atoms with Crippen LogP contribution in [0, 0.1) is 0 Å². The Morgan fingerprint density at radius 1 is 1.20 bits per heavy atom. The maximum Gasteiger partial charge on any atom is 0.139 e. The number of rotatable bonds is 4. The lowest BCUT2D eigenvalue weighted by Crippen LogP contribution is -2.07. The van der Waals surface area contributed by atoms with Gasteiger partial charge in [0, 0.05) is 12.5 Å². The van der Waals surface area contributed by atoms with E-state index in [1.165, 1.54) is 6.07 Å². The van der Waals surface area contributed by atoms with Crippen molar-refractivity contribution in [3.63, 3.8) is 0 Å². The molecular weight excluding hydrogens is 258 g/mol. The lowest BCUT2D eigenvalue weighted by molar-refractivity contribution is 0.155. The van der Waals surface area contributed by atoms with E-state index in [2.05, 4.69) is 0 Å². The first-order valence-corrected chi connectivity index (χ1v) is 5.59. The maximum atomic E-state index is 9.04. The zero-order chi connectivity index (χ0) is 11.4. The highest BCUT2D eigenvalue weighted by molar-refractivity contribution is 6.43. The Bertz CT molecular complexity index is 340. The summed E-state index contributed by atoms with van der Waals surface area (Å²) in [7, 11) is 0. The van der Waals surface area contributed by atoms with Crippen LogP contribution in [0.2, 0.25) is 15.1 Å². The fourth-order valence-corrected chi connectivity index (χ4v) is 1.55. The standard InChI is InChI=1S/C10H11Cl3O2/c1-6(14)2-3-15-10-5-8(12)7(11)4-9(10)13/h4-6,14H,2-3H2,1H3. The van der Waals surface area contributed by atoms with Crippen molar-refractivity contribution in [3.05, 3.63) is 27.2 Å². The summed E-state index contributed by atoms with van der Waals surface area (Å²) in [4.78, 5) is 0. The van der Waals surface area contributed by atoms with Crippen LogP contribution in [0.25, 0.3) is 0 Å². The third-order valence-electron chi connectivity index (χ3n) is 1.77. The zero-order valence-electron chi connectivity index (χ0n) is 8.14. The predicted molar refractivity (Wildman–Crippen MR) is 63.3 cm³/mol. The Hall–Kier alpha value is -0.150. The number of hydrogen-bond donors (Lipinski definition) is 1. The van der Waals surface area contributed by atoms with Gasteiger partial charge in [0.2, 0.25) is 0 Å². The molecule has 0 aliphatic carbocycles. The molecule has 0 fully saturated rings. The minimum Gasteiger partial charge on any atom is -0.492 e. The third-order valence-corrected chi connectivity index (χ3v) is 2.79. The molecule has 5 heteroatoms. The predicted octanol–water partition coefficient (Wildman–Crippen LogP) is 3.80. The quantitative estimate of drug-likeness (QED) is 0.843. The Labute approximate surface area is 104 Å². The summed E-state index contributed by atoms with van der Waals surface area (Å²) in [6.07, 6.45) is 0.142. The highest BCUT2D eigenvalue weighted by Gasteiger charge is 2.07. The van der Waals surface area contributed by atoms with Gasteiger partial charge in [-0.2, -0.15) is 0 Å². The van der Waals surface area contributed by atoms with Gasteiger partial charge in [-0.05, 0) is 13.0 Å². The summed E-state index contributed by atoms with van der Waals surface area (Å²) in [6, 6.07) is 3.09. The fraction of sp³-hybridized carbons (Fsp3) is 0.400. The van der Waals surface area contributed by atoms with Crippen LogP contribution in [0.5, 0.6) is 5.75 Å². The maximum absolute atomic E-state index is 9.04. The number of hydrogen-bond acceptors (Lipinski definition) is 2. The van der Waals surface area contributed by atoms with E-state index in [0.29, 0.717) is 33.8 Å². The third kappa shape index (κ3) is 4.07. The van der Waals surface area contributed by atoms with Crippen LogP contribution in [0.15, 0.2) is 12.1 Å². The SMILES string of the molecule is CC(O)CCOc1cc(Cl)c(Cl)cc1Cl. The van der Waals surface area contributed by atoms with Crippen molar-refractivity contribution in [3.8, 4) is 5.75 Å². The van der Waals surface area contributed by atoms with Gasteiger partial charge >= 0.3 is 0 Å². The second-order valence-corrected chi connectivity index (χ2v) is 4.40. The highest BCUT2D eigenvalue weighted by Crippen LogP contribution is 2.33. The molecule has 0 amide bonds. The molecule has 0 saturated carbocycles. The van der Waals surface area contributed by atoms with Crippen LogP contribution in [0.3, 0.4) is 0 Å². The summed E-state index contributed by atoms with van der Waals surface area (Å²) in [6.45, 7) is 2.08. The molecule has 1 aromatic carbocycles. The van der Waals surface area contributed by atoms with E-state index in [1.807, 2.05) is 0 Å². The van der Waals surface area contributed by atoms with Crippen LogP contribution in [0.4, 0.5) is 0 Å². The van der Waals surface area contributed by atoms with Crippen molar-refractivity contribution >= 4 is 34.8 Å². The minimum atomic E-state index is -0.397. The van der Waals surface area contributed by atoms with Crippen molar-refractivity contribution in [1.82, 2.24) is 0 Å². The molecule has 0 bridgehead atoms. The topological polar surface area (TPSA) is 29.5 Å². The zero-order valence-corrected chi connectivity index (χ0v) is 10.4. The molecule has 0 aliphatic heterocycles. The first-order valence-electron chi connectivity index (χ1n) is 4.46. The molecule has 0 radical (unpaired) electrons. The van der Waals surface area contributed by atoms with Crippen LogP contribution in [-0.4, -0.2) is 17.8 Å². The molecule has 0 aliphatic rings. The molecule has 0 aromatic heterocycles. The fourth-order valence-electron chi connectivity index (χ4n) is 0.954. The van der Waals surface area contributed by atoms with E-state index < -0.39 is 6.10 Å². The van der Waals surface area contributed by atoms with E-state index in [-0.39, 0.29) is 0 Å². The Kier molecular flexibility index (Phi) is 5.00. The first kappa shape index (κ1) is 12.9. The highest BCUT2D eigenvalue weighted by atomic mass is 35.5. The molecule has 0 saturated heterocycles. The molecule has 0 spiro atoms. The molecule has 1 unspecified atom stereocenters. The second kappa shape index (κ2) is 5.80. The minimum absolute atomic E-state index is 0.384. The molecule has 0 heterocycles. The van der Waals surface area contributed by atoms with E-state index in [4.69, 9.17) is 44.6 Å². The van der Waals surface area contributed by atoms with Crippen LogP contribution in [0.1, 0.15) is 13.3 Å². The number of halogens is 3. The van der Waals surface area contributed by atoms with Gasteiger partial charge in [-0.1, -0.05) is 34.8 Å².